The van der Waals surface area contributed by atoms with E-state index in [0.29, 0.717) is 17.9 Å². The van der Waals surface area contributed by atoms with Crippen LogP contribution in [0.5, 0.6) is 0 Å². The summed E-state index contributed by atoms with van der Waals surface area (Å²) in [6.07, 6.45) is -4.33. The molecule has 1 aromatic carbocycles. The van der Waals surface area contributed by atoms with Gasteiger partial charge in [-0.1, -0.05) is 17.2 Å². The van der Waals surface area contributed by atoms with Crippen molar-refractivity contribution in [2.75, 3.05) is 6.54 Å². The summed E-state index contributed by atoms with van der Waals surface area (Å²) < 4.78 is 37.0. The molecule has 0 aliphatic carbocycles. The maximum atomic E-state index is 12.3. The lowest BCUT2D eigenvalue weighted by atomic mass is 10.1. The predicted molar refractivity (Wildman–Crippen MR) is 57.8 cm³/mol. The zero-order valence-corrected chi connectivity index (χ0v) is 9.25. The Morgan fingerprint density at radius 3 is 2.35 bits per heavy atom. The molecule has 0 aromatic heterocycles. The van der Waals surface area contributed by atoms with Gasteiger partial charge >= 0.3 is 6.18 Å². The van der Waals surface area contributed by atoms with E-state index in [4.69, 9.17) is 5.84 Å². The molecule has 0 radical (unpaired) electrons. The molecular weight excluding hydrogens is 233 g/mol. The van der Waals surface area contributed by atoms with Crippen LogP contribution in [0.25, 0.3) is 0 Å². The summed E-state index contributed by atoms with van der Waals surface area (Å²) in [6, 6.07) is 4.64. The molecule has 7 heteroatoms. The average Bonchev–Trinajstić information content (AvgIpc) is 2.29. The molecular formula is C10H14F3N4+. The van der Waals surface area contributed by atoms with Gasteiger partial charge in [-0.15, -0.1) is 0 Å². The molecule has 0 aliphatic heterocycles. The smallest absolute Gasteiger partial charge is 0.304 e. The largest absolute Gasteiger partial charge is 0.416 e. The quantitative estimate of drug-likeness (QED) is 0.313. The van der Waals surface area contributed by atoms with Gasteiger partial charge in [-0.3, -0.25) is 0 Å². The van der Waals surface area contributed by atoms with Crippen LogP contribution in [0.1, 0.15) is 18.1 Å². The van der Waals surface area contributed by atoms with Gasteiger partial charge in [-0.2, -0.15) is 13.2 Å². The fourth-order valence-corrected chi connectivity index (χ4v) is 1.19. The SMILES string of the molecule is CC[NH2+]N=C(NN)c1ccc(C(F)(F)F)cc1. The van der Waals surface area contributed by atoms with Crippen molar-refractivity contribution in [3.63, 3.8) is 0 Å². The summed E-state index contributed by atoms with van der Waals surface area (Å²) >= 11 is 0. The van der Waals surface area contributed by atoms with E-state index in [1.165, 1.54) is 12.1 Å². The minimum atomic E-state index is -4.33. The van der Waals surface area contributed by atoms with Crippen LogP contribution in [0.3, 0.4) is 0 Å². The molecule has 0 fully saturated rings. The molecule has 0 aliphatic rings. The monoisotopic (exact) mass is 247 g/mol. The second-order valence-electron chi connectivity index (χ2n) is 3.29. The van der Waals surface area contributed by atoms with Crippen molar-refractivity contribution in [2.45, 2.75) is 13.1 Å². The number of benzene rings is 1. The van der Waals surface area contributed by atoms with Crippen LogP contribution in [-0.4, -0.2) is 12.4 Å². The Morgan fingerprint density at radius 1 is 1.35 bits per heavy atom. The molecule has 1 aromatic rings. The van der Waals surface area contributed by atoms with E-state index >= 15 is 0 Å². The molecule has 0 unspecified atom stereocenters. The van der Waals surface area contributed by atoms with E-state index < -0.39 is 11.7 Å². The lowest BCUT2D eigenvalue weighted by molar-refractivity contribution is -0.658. The number of rotatable bonds is 3. The van der Waals surface area contributed by atoms with Crippen molar-refractivity contribution >= 4 is 5.84 Å². The van der Waals surface area contributed by atoms with E-state index in [9.17, 15) is 13.2 Å². The van der Waals surface area contributed by atoms with Gasteiger partial charge in [0.1, 0.15) is 0 Å². The third kappa shape index (κ3) is 3.72. The summed E-state index contributed by atoms with van der Waals surface area (Å²) in [7, 11) is 0. The number of hydrazine groups is 1. The van der Waals surface area contributed by atoms with Crippen molar-refractivity contribution in [1.82, 2.24) is 5.43 Å². The summed E-state index contributed by atoms with van der Waals surface area (Å²) in [5.74, 6) is 5.58. The van der Waals surface area contributed by atoms with E-state index in [1.54, 1.807) is 5.43 Å². The first-order valence-corrected chi connectivity index (χ1v) is 5.02. The van der Waals surface area contributed by atoms with Gasteiger partial charge in [0.2, 0.25) is 5.84 Å². The number of hydrogen-bond acceptors (Lipinski definition) is 2. The Bertz CT molecular complexity index is 384. The van der Waals surface area contributed by atoms with Gasteiger partial charge in [0.15, 0.2) is 0 Å². The van der Waals surface area contributed by atoms with Crippen LogP contribution in [0.4, 0.5) is 13.2 Å². The fraction of sp³-hybridized carbons (Fsp3) is 0.300. The first kappa shape index (κ1) is 13.5. The van der Waals surface area contributed by atoms with Gasteiger partial charge in [0.25, 0.3) is 0 Å². The van der Waals surface area contributed by atoms with Crippen LogP contribution in [0.2, 0.25) is 0 Å². The lowest BCUT2D eigenvalue weighted by Gasteiger charge is -2.08. The number of quaternary nitrogens is 1. The number of halogens is 3. The first-order valence-electron chi connectivity index (χ1n) is 5.02. The highest BCUT2D eigenvalue weighted by molar-refractivity contribution is 5.97. The van der Waals surface area contributed by atoms with Crippen molar-refractivity contribution in [1.29, 1.82) is 0 Å². The second kappa shape index (κ2) is 5.65. The third-order valence-electron chi connectivity index (χ3n) is 2.03. The average molecular weight is 247 g/mol. The van der Waals surface area contributed by atoms with Gasteiger partial charge in [-0.25, -0.2) is 11.3 Å². The second-order valence-corrected chi connectivity index (χ2v) is 3.29. The molecule has 0 saturated heterocycles. The van der Waals surface area contributed by atoms with Crippen LogP contribution in [0.15, 0.2) is 29.4 Å². The van der Waals surface area contributed by atoms with Crippen LogP contribution in [-0.2, 0) is 6.18 Å². The molecule has 0 bridgehead atoms. The number of nitrogens with one attached hydrogen (secondary N) is 1. The van der Waals surface area contributed by atoms with Crippen molar-refractivity contribution in [2.24, 2.45) is 10.9 Å². The van der Waals surface area contributed by atoms with E-state index in [-0.39, 0.29) is 0 Å². The van der Waals surface area contributed by atoms with Crippen molar-refractivity contribution < 1.29 is 18.6 Å². The van der Waals surface area contributed by atoms with Gasteiger partial charge < -0.3 is 5.43 Å². The lowest BCUT2D eigenvalue weighted by Crippen LogP contribution is -2.78. The van der Waals surface area contributed by atoms with Crippen LogP contribution in [0, 0.1) is 0 Å². The summed E-state index contributed by atoms with van der Waals surface area (Å²) in [4.78, 5) is 0. The van der Waals surface area contributed by atoms with Crippen molar-refractivity contribution in [3.05, 3.63) is 35.4 Å². The molecule has 0 saturated carbocycles. The Hall–Kier alpha value is -1.60. The third-order valence-corrected chi connectivity index (χ3v) is 2.03. The zero-order valence-electron chi connectivity index (χ0n) is 9.25. The number of amidine groups is 1. The normalized spacial score (nSPS) is 12.6. The highest BCUT2D eigenvalue weighted by Gasteiger charge is 2.30. The molecule has 17 heavy (non-hydrogen) atoms. The summed E-state index contributed by atoms with van der Waals surface area (Å²) in [6.45, 7) is 2.61. The highest BCUT2D eigenvalue weighted by atomic mass is 19.4. The van der Waals surface area contributed by atoms with Crippen LogP contribution < -0.4 is 16.7 Å². The van der Waals surface area contributed by atoms with E-state index in [1.807, 2.05) is 6.92 Å². The molecule has 4 nitrogen and oxygen atoms in total. The summed E-state index contributed by atoms with van der Waals surface area (Å²) in [5.41, 5.74) is 3.77. The number of nitrogens with zero attached hydrogens (tertiary/aromatic N) is 1. The Labute approximate surface area is 96.7 Å². The van der Waals surface area contributed by atoms with Crippen molar-refractivity contribution in [3.8, 4) is 0 Å². The minimum absolute atomic E-state index is 0.334. The minimum Gasteiger partial charge on any atom is -0.304 e. The Morgan fingerprint density at radius 2 is 1.94 bits per heavy atom. The number of hydrogen-bond donors (Lipinski definition) is 3. The Kier molecular flexibility index (Phi) is 4.47. The highest BCUT2D eigenvalue weighted by Crippen LogP contribution is 2.28. The number of nitrogens with two attached hydrogens (primary N) is 2. The standard InChI is InChI=1S/C10H13F3N4/c1-2-15-17-9(16-14)7-3-5-8(6-4-7)10(11,12)13/h3-6,15H,2,14H2,1H3,(H,16,17)/p+1. The van der Waals surface area contributed by atoms with Crippen LogP contribution >= 0.6 is 0 Å². The van der Waals surface area contributed by atoms with Gasteiger partial charge in [0, 0.05) is 5.56 Å². The maximum absolute atomic E-state index is 12.3. The van der Waals surface area contributed by atoms with Gasteiger partial charge in [-0.05, 0) is 19.1 Å². The molecule has 5 N–H and O–H groups in total. The predicted octanol–water partition coefficient (Wildman–Crippen LogP) is 0.414. The number of alkyl halides is 3. The summed E-state index contributed by atoms with van der Waals surface area (Å²) in [5, 5.41) is 4.00. The topological polar surface area (TPSA) is 67.0 Å². The molecule has 0 amide bonds. The van der Waals surface area contributed by atoms with E-state index in [2.05, 4.69) is 10.5 Å². The first-order chi connectivity index (χ1) is 7.99. The van der Waals surface area contributed by atoms with E-state index in [0.717, 1.165) is 12.1 Å². The molecule has 0 atom stereocenters. The molecule has 0 heterocycles. The molecule has 1 rings (SSSR count). The zero-order chi connectivity index (χ0) is 12.9. The molecule has 0 spiro atoms. The van der Waals surface area contributed by atoms with Gasteiger partial charge in [0.05, 0.1) is 12.1 Å². The molecule has 94 valence electrons. The fourth-order valence-electron chi connectivity index (χ4n) is 1.19. The Balaban J connectivity index is 2.93. The maximum Gasteiger partial charge on any atom is 0.416 e.